The number of hydrogen-bond donors (Lipinski definition) is 2. The highest BCUT2D eigenvalue weighted by Crippen LogP contribution is 2.24. The maximum atomic E-state index is 13.7. The molecule has 9 nitrogen and oxygen atoms in total. The van der Waals surface area contributed by atoms with E-state index in [1.54, 1.807) is 27.7 Å². The molecule has 1 aromatic rings. The van der Waals surface area contributed by atoms with E-state index in [0.717, 1.165) is 12.0 Å². The third-order valence-electron chi connectivity index (χ3n) is 5.77. The van der Waals surface area contributed by atoms with Crippen LogP contribution < -0.4 is 10.6 Å². The van der Waals surface area contributed by atoms with E-state index in [1.807, 2.05) is 45.0 Å². The molecule has 0 heterocycles. The van der Waals surface area contributed by atoms with Crippen LogP contribution in [-0.4, -0.2) is 60.6 Å². The Labute approximate surface area is 215 Å². The van der Waals surface area contributed by atoms with Gasteiger partial charge in [-0.3, -0.25) is 14.4 Å². The Hall–Kier alpha value is -3.10. The first-order valence-corrected chi connectivity index (χ1v) is 12.6. The molecular weight excluding hydrogens is 462 g/mol. The normalized spacial score (nSPS) is 13.7. The van der Waals surface area contributed by atoms with E-state index in [0.29, 0.717) is 12.0 Å². The monoisotopic (exact) mass is 505 g/mol. The van der Waals surface area contributed by atoms with E-state index in [4.69, 9.17) is 9.47 Å². The average molecular weight is 506 g/mol. The van der Waals surface area contributed by atoms with E-state index < -0.39 is 41.6 Å². The zero-order chi connectivity index (χ0) is 27.5. The number of amides is 3. The molecule has 0 radical (unpaired) electrons. The SMILES string of the molecule is CCOC(=O)CCNC(=O)C(c1ccc(CC)cc1)N(C)C(=O)C(NC(=O)OC(C)(C)C)C(C)CC. The van der Waals surface area contributed by atoms with Gasteiger partial charge in [-0.15, -0.1) is 0 Å². The third kappa shape index (κ3) is 9.87. The van der Waals surface area contributed by atoms with Crippen LogP contribution in [0.15, 0.2) is 24.3 Å². The standard InChI is InChI=1S/C27H43N3O6/c1-9-18(4)22(29-26(34)36-27(5,6)7)25(33)30(8)23(20-14-12-19(10-2)13-15-20)24(32)28-17-16-21(31)35-11-3/h12-15,18,22-23H,9-11,16-17H2,1-8H3,(H,28,32)(H,29,34). The second kappa shape index (κ2) is 14.5. The lowest BCUT2D eigenvalue weighted by Crippen LogP contribution is -2.54. The van der Waals surface area contributed by atoms with Gasteiger partial charge in [-0.2, -0.15) is 0 Å². The van der Waals surface area contributed by atoms with Crippen molar-refractivity contribution in [2.75, 3.05) is 20.2 Å². The first kappa shape index (κ1) is 30.9. The number of hydrogen-bond acceptors (Lipinski definition) is 6. The van der Waals surface area contributed by atoms with E-state index in [-0.39, 0.29) is 25.5 Å². The summed E-state index contributed by atoms with van der Waals surface area (Å²) in [6.45, 7) is 13.1. The number of esters is 1. The van der Waals surface area contributed by atoms with Gasteiger partial charge in [0.15, 0.2) is 0 Å². The van der Waals surface area contributed by atoms with Crippen molar-refractivity contribution in [2.24, 2.45) is 5.92 Å². The molecule has 1 rings (SSSR count). The lowest BCUT2D eigenvalue weighted by molar-refractivity contribution is -0.144. The fraction of sp³-hybridized carbons (Fsp3) is 0.630. The highest BCUT2D eigenvalue weighted by atomic mass is 16.6. The van der Waals surface area contributed by atoms with Gasteiger partial charge in [0.25, 0.3) is 0 Å². The summed E-state index contributed by atoms with van der Waals surface area (Å²) in [5.74, 6) is -1.47. The van der Waals surface area contributed by atoms with Crippen LogP contribution in [0.2, 0.25) is 0 Å². The first-order chi connectivity index (χ1) is 16.8. The highest BCUT2D eigenvalue weighted by molar-refractivity contribution is 5.92. The number of carbonyl (C=O) groups excluding carboxylic acids is 4. The van der Waals surface area contributed by atoms with Gasteiger partial charge in [-0.05, 0) is 51.2 Å². The van der Waals surface area contributed by atoms with Gasteiger partial charge < -0.3 is 25.0 Å². The van der Waals surface area contributed by atoms with Gasteiger partial charge >= 0.3 is 12.1 Å². The number of alkyl carbamates (subject to hydrolysis) is 1. The number of nitrogens with zero attached hydrogens (tertiary/aromatic N) is 1. The van der Waals surface area contributed by atoms with Crippen molar-refractivity contribution in [2.45, 2.75) is 85.4 Å². The molecule has 0 fully saturated rings. The lowest BCUT2D eigenvalue weighted by atomic mass is 9.96. The molecule has 2 N–H and O–H groups in total. The first-order valence-electron chi connectivity index (χ1n) is 12.6. The summed E-state index contributed by atoms with van der Waals surface area (Å²) in [7, 11) is 1.54. The minimum absolute atomic E-state index is 0.0222. The molecular formula is C27H43N3O6. The van der Waals surface area contributed by atoms with Crippen molar-refractivity contribution < 1.29 is 28.7 Å². The minimum atomic E-state index is -0.961. The van der Waals surface area contributed by atoms with E-state index >= 15 is 0 Å². The van der Waals surface area contributed by atoms with E-state index in [9.17, 15) is 19.2 Å². The van der Waals surface area contributed by atoms with Gasteiger partial charge in [-0.1, -0.05) is 51.5 Å². The van der Waals surface area contributed by atoms with Crippen LogP contribution in [0.5, 0.6) is 0 Å². The van der Waals surface area contributed by atoms with Crippen LogP contribution in [-0.2, 0) is 30.3 Å². The van der Waals surface area contributed by atoms with E-state index in [1.165, 1.54) is 11.9 Å². The number of carbonyl (C=O) groups is 4. The summed E-state index contributed by atoms with van der Waals surface area (Å²) in [5.41, 5.74) is 0.997. The van der Waals surface area contributed by atoms with Crippen molar-refractivity contribution in [3.8, 4) is 0 Å². The number of nitrogens with one attached hydrogen (secondary N) is 2. The Morgan fingerprint density at radius 3 is 2.14 bits per heavy atom. The summed E-state index contributed by atoms with van der Waals surface area (Å²) in [5, 5.41) is 5.44. The Morgan fingerprint density at radius 1 is 1.03 bits per heavy atom. The minimum Gasteiger partial charge on any atom is -0.466 e. The maximum Gasteiger partial charge on any atom is 0.408 e. The van der Waals surface area contributed by atoms with Crippen LogP contribution in [0, 0.1) is 5.92 Å². The van der Waals surface area contributed by atoms with Crippen molar-refractivity contribution in [1.29, 1.82) is 0 Å². The Morgan fingerprint density at radius 2 is 1.64 bits per heavy atom. The molecule has 0 aliphatic rings. The molecule has 0 saturated carbocycles. The molecule has 0 aliphatic heterocycles. The van der Waals surface area contributed by atoms with Crippen molar-refractivity contribution in [1.82, 2.24) is 15.5 Å². The van der Waals surface area contributed by atoms with Crippen LogP contribution in [0.1, 0.15) is 78.5 Å². The zero-order valence-electron chi connectivity index (χ0n) is 23.0. The molecule has 0 aliphatic carbocycles. The topological polar surface area (TPSA) is 114 Å². The fourth-order valence-corrected chi connectivity index (χ4v) is 3.57. The van der Waals surface area contributed by atoms with Crippen LogP contribution in [0.3, 0.4) is 0 Å². The smallest absolute Gasteiger partial charge is 0.408 e. The van der Waals surface area contributed by atoms with Crippen molar-refractivity contribution >= 4 is 23.9 Å². The summed E-state index contributed by atoms with van der Waals surface area (Å²) < 4.78 is 10.3. The zero-order valence-corrected chi connectivity index (χ0v) is 23.0. The van der Waals surface area contributed by atoms with Crippen molar-refractivity contribution in [3.05, 3.63) is 35.4 Å². The number of aryl methyl sites for hydroxylation is 1. The lowest BCUT2D eigenvalue weighted by Gasteiger charge is -2.33. The molecule has 1 aromatic carbocycles. The third-order valence-corrected chi connectivity index (χ3v) is 5.77. The molecule has 0 bridgehead atoms. The maximum absolute atomic E-state index is 13.7. The average Bonchev–Trinajstić information content (AvgIpc) is 2.81. The van der Waals surface area contributed by atoms with Gasteiger partial charge in [0.2, 0.25) is 11.8 Å². The second-order valence-corrected chi connectivity index (χ2v) is 9.80. The summed E-state index contributed by atoms with van der Waals surface area (Å²) in [6, 6.07) is 5.61. The molecule has 0 saturated heterocycles. The van der Waals surface area contributed by atoms with Gasteiger partial charge in [0, 0.05) is 13.6 Å². The molecule has 0 spiro atoms. The van der Waals surface area contributed by atoms with Crippen molar-refractivity contribution in [3.63, 3.8) is 0 Å². The molecule has 9 heteroatoms. The number of ether oxygens (including phenoxy) is 2. The predicted octanol–water partition coefficient (Wildman–Crippen LogP) is 3.76. The molecule has 3 atom stereocenters. The molecule has 3 unspecified atom stereocenters. The Balaban J connectivity index is 3.21. The molecule has 202 valence electrons. The van der Waals surface area contributed by atoms with Gasteiger partial charge in [-0.25, -0.2) is 4.79 Å². The van der Waals surface area contributed by atoms with Crippen LogP contribution in [0.4, 0.5) is 4.79 Å². The van der Waals surface area contributed by atoms with Gasteiger partial charge in [0.05, 0.1) is 13.0 Å². The summed E-state index contributed by atoms with van der Waals surface area (Å²) >= 11 is 0. The van der Waals surface area contributed by atoms with Crippen LogP contribution >= 0.6 is 0 Å². The largest absolute Gasteiger partial charge is 0.466 e. The summed E-state index contributed by atoms with van der Waals surface area (Å²) in [4.78, 5) is 52.5. The number of benzene rings is 1. The fourth-order valence-electron chi connectivity index (χ4n) is 3.57. The molecule has 3 amide bonds. The number of likely N-dealkylation sites (N-methyl/N-ethyl adjacent to an activating group) is 1. The second-order valence-electron chi connectivity index (χ2n) is 9.80. The van der Waals surface area contributed by atoms with E-state index in [2.05, 4.69) is 10.6 Å². The number of rotatable bonds is 12. The molecule has 36 heavy (non-hydrogen) atoms. The quantitative estimate of drug-likeness (QED) is 0.418. The Kier molecular flexibility index (Phi) is 12.4. The highest BCUT2D eigenvalue weighted by Gasteiger charge is 2.36. The van der Waals surface area contributed by atoms with Gasteiger partial charge in [0.1, 0.15) is 17.7 Å². The predicted molar refractivity (Wildman–Crippen MR) is 138 cm³/mol. The molecule has 0 aromatic heterocycles. The summed E-state index contributed by atoms with van der Waals surface area (Å²) in [6.07, 6.45) is 0.787. The van der Waals surface area contributed by atoms with Crippen LogP contribution in [0.25, 0.3) is 0 Å². The Bertz CT molecular complexity index is 878.